The highest BCUT2D eigenvalue weighted by molar-refractivity contribution is 5.67. The Balaban J connectivity index is 1.19. The molecule has 2 N–H and O–H groups in total. The molecule has 1 aliphatic heterocycles. The van der Waals surface area contributed by atoms with Gasteiger partial charge in [-0.3, -0.25) is 9.89 Å². The van der Waals surface area contributed by atoms with Crippen LogP contribution in [0, 0.1) is 11.3 Å². The fourth-order valence-corrected chi connectivity index (χ4v) is 4.98. The number of hydrogen-bond donors (Lipinski definition) is 2. The van der Waals surface area contributed by atoms with Gasteiger partial charge < -0.3 is 14.4 Å². The van der Waals surface area contributed by atoms with Crippen molar-refractivity contribution in [1.82, 2.24) is 25.1 Å². The summed E-state index contributed by atoms with van der Waals surface area (Å²) in [6, 6.07) is 4.02. The number of carboxylic acid groups (broad SMARTS) is 1. The number of piperidine rings is 1. The van der Waals surface area contributed by atoms with Crippen LogP contribution in [-0.2, 0) is 4.79 Å². The number of pyridine rings is 1. The molecule has 0 amide bonds. The maximum absolute atomic E-state index is 11.0. The van der Waals surface area contributed by atoms with Gasteiger partial charge in [-0.25, -0.2) is 15.0 Å². The smallest absolute Gasteiger partial charge is 0.303 e. The topological polar surface area (TPSA) is 121 Å². The van der Waals surface area contributed by atoms with Gasteiger partial charge in [0.1, 0.15) is 12.1 Å². The Kier molecular flexibility index (Phi) is 5.17. The largest absolute Gasteiger partial charge is 0.481 e. The van der Waals surface area contributed by atoms with E-state index in [2.05, 4.69) is 30.0 Å². The third-order valence-corrected chi connectivity index (χ3v) is 6.90. The predicted molar refractivity (Wildman–Crippen MR) is 113 cm³/mol. The number of oxazole rings is 1. The van der Waals surface area contributed by atoms with Crippen LogP contribution in [0.1, 0.15) is 44.9 Å². The Hall–Kier alpha value is -3.23. The average molecular weight is 422 g/mol. The molecule has 9 nitrogen and oxygen atoms in total. The van der Waals surface area contributed by atoms with Crippen LogP contribution in [0.2, 0.25) is 0 Å². The molecule has 4 heterocycles. The zero-order valence-electron chi connectivity index (χ0n) is 17.3. The van der Waals surface area contributed by atoms with E-state index in [1.54, 1.807) is 12.4 Å². The molecule has 162 valence electrons. The molecule has 3 aromatic heterocycles. The summed E-state index contributed by atoms with van der Waals surface area (Å²) in [4.78, 5) is 26.5. The third-order valence-electron chi connectivity index (χ3n) is 6.90. The van der Waals surface area contributed by atoms with Crippen LogP contribution in [0.4, 0.5) is 5.82 Å². The van der Waals surface area contributed by atoms with Crippen LogP contribution in [-0.4, -0.2) is 49.3 Å². The molecule has 0 radical (unpaired) electrons. The standard InChI is InChI=1S/C22H26N6O3/c29-18(30)13-15-3-5-22(6-4-15)7-10-28(11-8-22)17-2-1-16(14-24-17)19-25-20(27-26-19)21-23-9-12-31-21/h1-2,9,12,14-15H,3-8,10-11,13H2,(H,29,30)(H,25,26,27). The van der Waals surface area contributed by atoms with Crippen LogP contribution in [0.5, 0.6) is 0 Å². The minimum absolute atomic E-state index is 0.322. The fraction of sp³-hybridized carbons (Fsp3) is 0.500. The van der Waals surface area contributed by atoms with Gasteiger partial charge in [0.25, 0.3) is 5.89 Å². The molecule has 5 rings (SSSR count). The van der Waals surface area contributed by atoms with Gasteiger partial charge in [-0.2, -0.15) is 5.10 Å². The number of rotatable bonds is 5. The molecule has 2 fully saturated rings. The van der Waals surface area contributed by atoms with Gasteiger partial charge in [-0.05, 0) is 62.0 Å². The van der Waals surface area contributed by atoms with Crippen molar-refractivity contribution < 1.29 is 14.3 Å². The molecule has 0 bridgehead atoms. The summed E-state index contributed by atoms with van der Waals surface area (Å²) in [5.41, 5.74) is 1.23. The van der Waals surface area contributed by atoms with E-state index in [9.17, 15) is 4.79 Å². The van der Waals surface area contributed by atoms with E-state index in [0.717, 1.165) is 63.0 Å². The number of aromatic amines is 1. The Morgan fingerprint density at radius 1 is 1.19 bits per heavy atom. The van der Waals surface area contributed by atoms with E-state index in [1.165, 1.54) is 6.26 Å². The second-order valence-corrected chi connectivity index (χ2v) is 8.78. The summed E-state index contributed by atoms with van der Waals surface area (Å²) < 4.78 is 5.24. The summed E-state index contributed by atoms with van der Waals surface area (Å²) in [5, 5.41) is 16.1. The Bertz CT molecular complexity index is 1010. The number of nitrogens with one attached hydrogen (secondary N) is 1. The number of hydrogen-bond acceptors (Lipinski definition) is 7. The highest BCUT2D eigenvalue weighted by Gasteiger charge is 2.38. The van der Waals surface area contributed by atoms with Crippen molar-refractivity contribution in [3.8, 4) is 23.1 Å². The predicted octanol–water partition coefficient (Wildman–Crippen LogP) is 3.77. The maximum atomic E-state index is 11.0. The van der Waals surface area contributed by atoms with E-state index >= 15 is 0 Å². The molecule has 0 atom stereocenters. The van der Waals surface area contributed by atoms with Crippen molar-refractivity contribution in [3.63, 3.8) is 0 Å². The minimum Gasteiger partial charge on any atom is -0.481 e. The Labute approximate surface area is 179 Å². The van der Waals surface area contributed by atoms with Gasteiger partial charge in [0, 0.05) is 31.3 Å². The van der Waals surface area contributed by atoms with Gasteiger partial charge in [0.05, 0.1) is 6.20 Å². The molecule has 0 aromatic carbocycles. The van der Waals surface area contributed by atoms with Crippen molar-refractivity contribution in [1.29, 1.82) is 0 Å². The van der Waals surface area contributed by atoms with Crippen LogP contribution in [0.25, 0.3) is 23.1 Å². The minimum atomic E-state index is -0.663. The zero-order valence-corrected chi connectivity index (χ0v) is 17.3. The van der Waals surface area contributed by atoms with Gasteiger partial charge in [0.15, 0.2) is 5.82 Å². The molecule has 1 saturated carbocycles. The first-order valence-corrected chi connectivity index (χ1v) is 10.9. The average Bonchev–Trinajstić information content (AvgIpc) is 3.48. The van der Waals surface area contributed by atoms with Crippen LogP contribution in [0.3, 0.4) is 0 Å². The van der Waals surface area contributed by atoms with Crippen molar-refractivity contribution >= 4 is 11.8 Å². The molecular weight excluding hydrogens is 396 g/mol. The van der Waals surface area contributed by atoms with Gasteiger partial charge >= 0.3 is 5.97 Å². The number of aromatic nitrogens is 5. The second-order valence-electron chi connectivity index (χ2n) is 8.78. The summed E-state index contributed by atoms with van der Waals surface area (Å²) in [7, 11) is 0. The number of anilines is 1. The zero-order chi connectivity index (χ0) is 21.3. The first-order chi connectivity index (χ1) is 15.1. The number of carboxylic acids is 1. The lowest BCUT2D eigenvalue weighted by atomic mass is 9.65. The van der Waals surface area contributed by atoms with Gasteiger partial charge in [-0.1, -0.05) is 0 Å². The quantitative estimate of drug-likeness (QED) is 0.637. The van der Waals surface area contributed by atoms with E-state index < -0.39 is 5.97 Å². The lowest BCUT2D eigenvalue weighted by molar-refractivity contribution is -0.138. The summed E-state index contributed by atoms with van der Waals surface area (Å²) >= 11 is 0. The summed E-state index contributed by atoms with van der Waals surface area (Å²) in [6.07, 6.45) is 11.9. The van der Waals surface area contributed by atoms with E-state index in [-0.39, 0.29) is 0 Å². The van der Waals surface area contributed by atoms with Gasteiger partial charge in [-0.15, -0.1) is 0 Å². The Morgan fingerprint density at radius 3 is 2.65 bits per heavy atom. The van der Waals surface area contributed by atoms with Crippen LogP contribution >= 0.6 is 0 Å². The van der Waals surface area contributed by atoms with E-state index in [4.69, 9.17) is 9.52 Å². The highest BCUT2D eigenvalue weighted by Crippen LogP contribution is 2.47. The first kappa shape index (κ1) is 19.7. The third kappa shape index (κ3) is 4.17. The molecule has 0 unspecified atom stereocenters. The van der Waals surface area contributed by atoms with E-state index in [0.29, 0.717) is 35.3 Å². The molecule has 2 aliphatic rings. The van der Waals surface area contributed by atoms with Crippen LogP contribution in [0.15, 0.2) is 35.2 Å². The van der Waals surface area contributed by atoms with Crippen LogP contribution < -0.4 is 4.90 Å². The lowest BCUT2D eigenvalue weighted by Crippen LogP contribution is -2.42. The molecule has 1 spiro atoms. The van der Waals surface area contributed by atoms with Crippen molar-refractivity contribution in [2.75, 3.05) is 18.0 Å². The Morgan fingerprint density at radius 2 is 2.00 bits per heavy atom. The first-order valence-electron chi connectivity index (χ1n) is 10.9. The monoisotopic (exact) mass is 422 g/mol. The van der Waals surface area contributed by atoms with Crippen molar-refractivity contribution in [3.05, 3.63) is 30.8 Å². The molecule has 31 heavy (non-hydrogen) atoms. The molecule has 3 aromatic rings. The van der Waals surface area contributed by atoms with Crippen molar-refractivity contribution in [2.24, 2.45) is 11.3 Å². The SMILES string of the molecule is O=C(O)CC1CCC2(CC1)CCN(c1ccc(-c3n[nH]c(-c4ncco4)n3)cn1)CC2. The molecular formula is C22H26N6O3. The fourth-order valence-electron chi connectivity index (χ4n) is 4.98. The molecule has 1 saturated heterocycles. The number of aliphatic carboxylic acids is 1. The summed E-state index contributed by atoms with van der Waals surface area (Å²) in [6.45, 7) is 1.98. The maximum Gasteiger partial charge on any atom is 0.303 e. The molecule has 9 heteroatoms. The number of H-pyrrole nitrogens is 1. The summed E-state index contributed by atoms with van der Waals surface area (Å²) in [5.74, 6) is 2.12. The lowest BCUT2D eigenvalue weighted by Gasteiger charge is -2.46. The van der Waals surface area contributed by atoms with E-state index in [1.807, 2.05) is 12.1 Å². The van der Waals surface area contributed by atoms with Crippen molar-refractivity contribution in [2.45, 2.75) is 44.9 Å². The number of nitrogens with zero attached hydrogens (tertiary/aromatic N) is 5. The normalized spacial score (nSPS) is 19.0. The number of carbonyl (C=O) groups is 1. The second kappa shape index (κ2) is 8.13. The molecule has 1 aliphatic carbocycles. The highest BCUT2D eigenvalue weighted by atomic mass is 16.4. The van der Waals surface area contributed by atoms with Gasteiger partial charge in [0.2, 0.25) is 5.82 Å².